The Balaban J connectivity index is 2.08. The first-order valence-electron chi connectivity index (χ1n) is 7.63. The minimum absolute atomic E-state index is 0.542. The van der Waals surface area contributed by atoms with E-state index >= 15 is 0 Å². The van der Waals surface area contributed by atoms with E-state index in [1.54, 1.807) is 5.56 Å². The maximum Gasteiger partial charge on any atom is 0.0326 e. The number of hydrogen-bond acceptors (Lipinski definition) is 1. The average molecular weight is 265 g/mol. The van der Waals surface area contributed by atoms with Crippen LogP contribution in [0.5, 0.6) is 0 Å². The third-order valence-electron chi connectivity index (χ3n) is 4.39. The number of benzene rings is 2. The molecule has 3 rings (SSSR count). The van der Waals surface area contributed by atoms with Gasteiger partial charge in [-0.2, -0.15) is 0 Å². The van der Waals surface area contributed by atoms with E-state index in [4.69, 9.17) is 0 Å². The Morgan fingerprint density at radius 3 is 2.70 bits per heavy atom. The summed E-state index contributed by atoms with van der Waals surface area (Å²) in [5.41, 5.74) is 8.59. The first kappa shape index (κ1) is 13.4. The molecule has 0 amide bonds. The number of aryl methyl sites for hydroxylation is 2. The molecule has 0 radical (unpaired) electrons. The lowest BCUT2D eigenvalue weighted by atomic mass is 9.93. The Labute approximate surface area is 122 Å². The summed E-state index contributed by atoms with van der Waals surface area (Å²) in [7, 11) is 0. The molecule has 1 aliphatic carbocycles. The molecule has 0 bridgehead atoms. The highest BCUT2D eigenvalue weighted by atomic mass is 14.9. The standard InChI is InChI=1S/C19H23N/c1-4-20-19-11-10-17-16(6-5-7-18(17)19)15-9-8-13(2)12-14(15)3/h5-9,12,19-20H,4,10-11H2,1-3H3. The highest BCUT2D eigenvalue weighted by Crippen LogP contribution is 2.38. The van der Waals surface area contributed by atoms with Crippen LogP contribution in [0.1, 0.15) is 41.6 Å². The molecule has 1 unspecified atom stereocenters. The van der Waals surface area contributed by atoms with Crippen LogP contribution in [0.25, 0.3) is 11.1 Å². The van der Waals surface area contributed by atoms with E-state index in [9.17, 15) is 0 Å². The summed E-state index contributed by atoms with van der Waals surface area (Å²) >= 11 is 0. The van der Waals surface area contributed by atoms with Crippen molar-refractivity contribution in [1.29, 1.82) is 0 Å². The van der Waals surface area contributed by atoms with Gasteiger partial charge in [0.2, 0.25) is 0 Å². The highest BCUT2D eigenvalue weighted by Gasteiger charge is 2.24. The molecule has 0 fully saturated rings. The zero-order valence-corrected chi connectivity index (χ0v) is 12.7. The maximum atomic E-state index is 3.60. The Morgan fingerprint density at radius 2 is 1.95 bits per heavy atom. The van der Waals surface area contributed by atoms with Gasteiger partial charge in [-0.15, -0.1) is 0 Å². The Bertz CT molecular complexity index is 628. The number of nitrogens with one attached hydrogen (secondary N) is 1. The van der Waals surface area contributed by atoms with Crippen LogP contribution in [0.15, 0.2) is 36.4 Å². The predicted octanol–water partition coefficient (Wildman–Crippen LogP) is 4.57. The van der Waals surface area contributed by atoms with Crippen LogP contribution in [0.2, 0.25) is 0 Å². The summed E-state index contributed by atoms with van der Waals surface area (Å²) < 4.78 is 0. The lowest BCUT2D eigenvalue weighted by Crippen LogP contribution is -2.18. The van der Waals surface area contributed by atoms with E-state index in [0.717, 1.165) is 6.54 Å². The van der Waals surface area contributed by atoms with E-state index in [2.05, 4.69) is 62.5 Å². The van der Waals surface area contributed by atoms with Gasteiger partial charge >= 0.3 is 0 Å². The largest absolute Gasteiger partial charge is 0.310 e. The van der Waals surface area contributed by atoms with Crippen molar-refractivity contribution >= 4 is 0 Å². The van der Waals surface area contributed by atoms with Gasteiger partial charge in [0, 0.05) is 6.04 Å². The summed E-state index contributed by atoms with van der Waals surface area (Å²) in [6, 6.07) is 14.1. The number of rotatable bonds is 3. The summed E-state index contributed by atoms with van der Waals surface area (Å²) in [6.07, 6.45) is 2.42. The zero-order chi connectivity index (χ0) is 14.1. The second-order valence-corrected chi connectivity index (χ2v) is 5.84. The van der Waals surface area contributed by atoms with Gasteiger partial charge in [0.15, 0.2) is 0 Å². The molecule has 2 aromatic carbocycles. The monoisotopic (exact) mass is 265 g/mol. The van der Waals surface area contributed by atoms with Crippen molar-refractivity contribution in [2.24, 2.45) is 0 Å². The van der Waals surface area contributed by atoms with Gasteiger partial charge in [-0.1, -0.05) is 48.9 Å². The summed E-state index contributed by atoms with van der Waals surface area (Å²) in [5, 5.41) is 3.60. The second-order valence-electron chi connectivity index (χ2n) is 5.84. The topological polar surface area (TPSA) is 12.0 Å². The van der Waals surface area contributed by atoms with Crippen LogP contribution < -0.4 is 5.32 Å². The molecule has 0 aliphatic heterocycles. The minimum Gasteiger partial charge on any atom is -0.310 e. The molecule has 1 aliphatic rings. The second kappa shape index (κ2) is 5.41. The van der Waals surface area contributed by atoms with Crippen LogP contribution in [0.4, 0.5) is 0 Å². The quantitative estimate of drug-likeness (QED) is 0.857. The molecule has 20 heavy (non-hydrogen) atoms. The smallest absolute Gasteiger partial charge is 0.0326 e. The lowest BCUT2D eigenvalue weighted by Gasteiger charge is -2.15. The van der Waals surface area contributed by atoms with Crippen molar-refractivity contribution < 1.29 is 0 Å². The van der Waals surface area contributed by atoms with E-state index in [0.29, 0.717) is 6.04 Å². The number of hydrogen-bond donors (Lipinski definition) is 1. The molecular weight excluding hydrogens is 242 g/mol. The Morgan fingerprint density at radius 1 is 1.10 bits per heavy atom. The molecule has 0 saturated carbocycles. The molecular formula is C19H23N. The molecule has 0 spiro atoms. The first-order valence-corrected chi connectivity index (χ1v) is 7.63. The molecule has 0 saturated heterocycles. The zero-order valence-electron chi connectivity index (χ0n) is 12.7. The van der Waals surface area contributed by atoms with Crippen molar-refractivity contribution in [3.8, 4) is 11.1 Å². The van der Waals surface area contributed by atoms with Gasteiger partial charge in [0.05, 0.1) is 0 Å². The number of fused-ring (bicyclic) bond motifs is 1. The van der Waals surface area contributed by atoms with Gasteiger partial charge < -0.3 is 5.32 Å². The van der Waals surface area contributed by atoms with Crippen molar-refractivity contribution in [3.63, 3.8) is 0 Å². The SMILES string of the molecule is CCNC1CCc2c(-c3ccc(C)cc3C)cccc21. The van der Waals surface area contributed by atoms with Crippen molar-refractivity contribution in [1.82, 2.24) is 5.32 Å². The first-order chi connectivity index (χ1) is 9.70. The highest BCUT2D eigenvalue weighted by molar-refractivity contribution is 5.73. The van der Waals surface area contributed by atoms with Gasteiger partial charge in [-0.05, 0) is 61.1 Å². The van der Waals surface area contributed by atoms with Crippen LogP contribution in [-0.2, 0) is 6.42 Å². The van der Waals surface area contributed by atoms with E-state index in [1.165, 1.54) is 40.7 Å². The molecule has 1 heteroatoms. The fraction of sp³-hybridized carbons (Fsp3) is 0.368. The summed E-state index contributed by atoms with van der Waals surface area (Å²) in [5.74, 6) is 0. The van der Waals surface area contributed by atoms with Crippen molar-refractivity contribution in [3.05, 3.63) is 58.7 Å². The van der Waals surface area contributed by atoms with E-state index in [-0.39, 0.29) is 0 Å². The lowest BCUT2D eigenvalue weighted by molar-refractivity contribution is 0.549. The van der Waals surface area contributed by atoms with Gasteiger partial charge in [0.25, 0.3) is 0 Å². The third kappa shape index (κ3) is 2.27. The molecule has 0 aromatic heterocycles. The van der Waals surface area contributed by atoms with Gasteiger partial charge in [-0.25, -0.2) is 0 Å². The van der Waals surface area contributed by atoms with Gasteiger partial charge in [0.1, 0.15) is 0 Å². The summed E-state index contributed by atoms with van der Waals surface area (Å²) in [6.45, 7) is 7.61. The normalized spacial score (nSPS) is 17.2. The van der Waals surface area contributed by atoms with Crippen LogP contribution >= 0.6 is 0 Å². The van der Waals surface area contributed by atoms with Crippen molar-refractivity contribution in [2.45, 2.75) is 39.7 Å². The Hall–Kier alpha value is -1.60. The van der Waals surface area contributed by atoms with E-state index < -0.39 is 0 Å². The molecule has 0 heterocycles. The van der Waals surface area contributed by atoms with E-state index in [1.807, 2.05) is 0 Å². The molecule has 1 N–H and O–H groups in total. The molecule has 104 valence electrons. The predicted molar refractivity (Wildman–Crippen MR) is 86.1 cm³/mol. The molecule has 2 aromatic rings. The van der Waals surface area contributed by atoms with Crippen molar-refractivity contribution in [2.75, 3.05) is 6.54 Å². The van der Waals surface area contributed by atoms with Crippen LogP contribution in [0.3, 0.4) is 0 Å². The average Bonchev–Trinajstić information content (AvgIpc) is 2.83. The van der Waals surface area contributed by atoms with Gasteiger partial charge in [-0.3, -0.25) is 0 Å². The molecule has 1 nitrogen and oxygen atoms in total. The Kier molecular flexibility index (Phi) is 3.62. The third-order valence-corrected chi connectivity index (χ3v) is 4.39. The molecule has 1 atom stereocenters. The fourth-order valence-electron chi connectivity index (χ4n) is 3.48. The van der Waals surface area contributed by atoms with Crippen LogP contribution in [0, 0.1) is 13.8 Å². The summed E-state index contributed by atoms with van der Waals surface area (Å²) in [4.78, 5) is 0. The minimum atomic E-state index is 0.542. The van der Waals surface area contributed by atoms with Crippen LogP contribution in [-0.4, -0.2) is 6.54 Å². The fourth-order valence-corrected chi connectivity index (χ4v) is 3.48. The maximum absolute atomic E-state index is 3.60.